The van der Waals surface area contributed by atoms with Gasteiger partial charge in [0.25, 0.3) is 5.91 Å². The number of likely N-dealkylation sites (tertiary alicyclic amines) is 1. The Balaban J connectivity index is 1.28. The monoisotopic (exact) mass is 486 g/mol. The first-order chi connectivity index (χ1) is 17.2. The molecule has 0 saturated carbocycles. The fraction of sp³-hybridized carbons (Fsp3) is 0.370. The molecule has 1 saturated heterocycles. The first kappa shape index (κ1) is 24.0. The van der Waals surface area contributed by atoms with E-state index in [2.05, 4.69) is 59.6 Å². The molecule has 2 atom stereocenters. The van der Waals surface area contributed by atoms with E-state index < -0.39 is 0 Å². The van der Waals surface area contributed by atoms with Gasteiger partial charge in [0.2, 0.25) is 5.95 Å². The van der Waals surface area contributed by atoms with Crippen molar-refractivity contribution >= 4 is 28.9 Å². The zero-order chi connectivity index (χ0) is 25.6. The van der Waals surface area contributed by atoms with Crippen LogP contribution in [0, 0.1) is 26.7 Å². The normalized spacial score (nSPS) is 19.4. The number of amides is 1. The van der Waals surface area contributed by atoms with Crippen molar-refractivity contribution in [3.8, 4) is 0 Å². The van der Waals surface area contributed by atoms with E-state index in [9.17, 15) is 4.79 Å². The molecular weight excluding hydrogens is 452 g/mol. The van der Waals surface area contributed by atoms with E-state index in [-0.39, 0.29) is 11.9 Å². The second-order valence-electron chi connectivity index (χ2n) is 10.2. The predicted octanol–water partition coefficient (Wildman–Crippen LogP) is 3.49. The second kappa shape index (κ2) is 9.40. The number of carbonyl (C=O) groups excluding carboxylic acids is 1. The number of aromatic nitrogens is 2. The summed E-state index contributed by atoms with van der Waals surface area (Å²) >= 11 is 0. The van der Waals surface area contributed by atoms with E-state index in [1.165, 1.54) is 11.1 Å². The Kier molecular flexibility index (Phi) is 6.27. The minimum atomic E-state index is 0.00792. The molecule has 2 unspecified atom stereocenters. The molecule has 9 heteroatoms. The quantitative estimate of drug-likeness (QED) is 0.245. The number of anilines is 4. The Labute approximate surface area is 211 Å². The number of hydrogen-bond donors (Lipinski definition) is 4. The van der Waals surface area contributed by atoms with E-state index in [0.29, 0.717) is 41.9 Å². The number of nitrogens with zero attached hydrogens (tertiary/aromatic N) is 4. The van der Waals surface area contributed by atoms with E-state index in [0.717, 1.165) is 35.6 Å². The highest BCUT2D eigenvalue weighted by molar-refractivity contribution is 5.98. The Morgan fingerprint density at radius 3 is 2.53 bits per heavy atom. The zero-order valence-electron chi connectivity index (χ0n) is 21.3. The van der Waals surface area contributed by atoms with Crippen LogP contribution in [0.2, 0.25) is 0 Å². The molecular formula is C27H34N8O. The molecule has 1 fully saturated rings. The molecule has 188 valence electrons. The maximum Gasteiger partial charge on any atom is 0.254 e. The van der Waals surface area contributed by atoms with E-state index in [1.54, 1.807) is 6.07 Å². The maximum absolute atomic E-state index is 13.4. The predicted molar refractivity (Wildman–Crippen MR) is 143 cm³/mol. The summed E-state index contributed by atoms with van der Waals surface area (Å²) in [6, 6.07) is 10.1. The van der Waals surface area contributed by atoms with Crippen LogP contribution in [0.15, 0.2) is 36.5 Å². The fourth-order valence-electron chi connectivity index (χ4n) is 5.49. The summed E-state index contributed by atoms with van der Waals surface area (Å²) < 4.78 is 0. The molecule has 0 aliphatic carbocycles. The number of nitrogens with two attached hydrogens (primary N) is 2. The first-order valence-electron chi connectivity index (χ1n) is 12.3. The number of fused-ring (bicyclic) bond motifs is 1. The summed E-state index contributed by atoms with van der Waals surface area (Å²) in [6.07, 6.45) is 1.93. The van der Waals surface area contributed by atoms with Gasteiger partial charge in [-0.1, -0.05) is 13.0 Å². The van der Waals surface area contributed by atoms with Crippen LogP contribution >= 0.6 is 0 Å². The number of rotatable bonds is 5. The second-order valence-corrected chi connectivity index (χ2v) is 10.2. The van der Waals surface area contributed by atoms with Gasteiger partial charge in [0.1, 0.15) is 0 Å². The minimum absolute atomic E-state index is 0.00792. The lowest BCUT2D eigenvalue weighted by molar-refractivity contribution is 0.0775. The van der Waals surface area contributed by atoms with Gasteiger partial charge in [0.05, 0.1) is 17.1 Å². The van der Waals surface area contributed by atoms with Gasteiger partial charge in [-0.05, 0) is 67.6 Å². The Bertz CT molecular complexity index is 1300. The maximum atomic E-state index is 13.4. The number of aryl methyl sites for hydroxylation is 3. The van der Waals surface area contributed by atoms with Gasteiger partial charge in [-0.3, -0.25) is 15.5 Å². The van der Waals surface area contributed by atoms with Gasteiger partial charge in [0, 0.05) is 55.2 Å². The van der Waals surface area contributed by atoms with Crippen molar-refractivity contribution in [1.82, 2.24) is 19.8 Å². The zero-order valence-corrected chi connectivity index (χ0v) is 21.3. The van der Waals surface area contributed by atoms with Crippen molar-refractivity contribution in [3.05, 3.63) is 70.0 Å². The molecule has 3 heterocycles. The molecule has 1 aromatic heterocycles. The average Bonchev–Trinajstić information content (AvgIpc) is 3.42. The summed E-state index contributed by atoms with van der Waals surface area (Å²) in [5.74, 6) is 6.48. The summed E-state index contributed by atoms with van der Waals surface area (Å²) in [4.78, 5) is 27.1. The smallest absolute Gasteiger partial charge is 0.254 e. The van der Waals surface area contributed by atoms with Gasteiger partial charge >= 0.3 is 0 Å². The van der Waals surface area contributed by atoms with E-state index in [1.807, 2.05) is 24.1 Å². The van der Waals surface area contributed by atoms with Crippen molar-refractivity contribution in [2.75, 3.05) is 29.6 Å². The molecule has 0 radical (unpaired) electrons. The van der Waals surface area contributed by atoms with Crippen LogP contribution in [-0.4, -0.2) is 44.8 Å². The topological polar surface area (TPSA) is 125 Å². The Morgan fingerprint density at radius 1 is 1.06 bits per heavy atom. The number of nitrogen functional groups attached to an aromatic ring is 2. The van der Waals surface area contributed by atoms with Gasteiger partial charge in [0.15, 0.2) is 0 Å². The molecule has 2 aromatic carbocycles. The van der Waals surface area contributed by atoms with Gasteiger partial charge < -0.3 is 21.4 Å². The molecule has 1 amide bonds. The van der Waals surface area contributed by atoms with Gasteiger partial charge in [-0.15, -0.1) is 0 Å². The number of hydrazine groups is 1. The number of carbonyl (C=O) groups is 1. The van der Waals surface area contributed by atoms with Crippen LogP contribution in [0.25, 0.3) is 0 Å². The van der Waals surface area contributed by atoms with Gasteiger partial charge in [-0.25, -0.2) is 9.97 Å². The molecule has 0 bridgehead atoms. The molecule has 0 spiro atoms. The summed E-state index contributed by atoms with van der Waals surface area (Å²) in [5.41, 5.74) is 16.8. The number of hydrogen-bond acceptors (Lipinski definition) is 8. The third-order valence-electron chi connectivity index (χ3n) is 7.27. The van der Waals surface area contributed by atoms with Crippen molar-refractivity contribution in [1.29, 1.82) is 0 Å². The highest BCUT2D eigenvalue weighted by Crippen LogP contribution is 2.32. The van der Waals surface area contributed by atoms with E-state index >= 15 is 0 Å². The van der Waals surface area contributed by atoms with Crippen LogP contribution in [0.4, 0.5) is 23.0 Å². The lowest BCUT2D eigenvalue weighted by Crippen LogP contribution is -2.37. The van der Waals surface area contributed by atoms with E-state index in [4.69, 9.17) is 16.6 Å². The van der Waals surface area contributed by atoms with Crippen LogP contribution in [-0.2, 0) is 13.1 Å². The first-order valence-corrected chi connectivity index (χ1v) is 12.3. The molecule has 9 nitrogen and oxygen atoms in total. The highest BCUT2D eigenvalue weighted by atomic mass is 16.2. The van der Waals surface area contributed by atoms with Gasteiger partial charge in [-0.2, -0.15) is 0 Å². The van der Waals surface area contributed by atoms with Crippen LogP contribution in [0.1, 0.15) is 45.2 Å². The number of nitrogens with one attached hydrogen (secondary N) is 2. The van der Waals surface area contributed by atoms with Crippen molar-refractivity contribution in [3.63, 3.8) is 0 Å². The average molecular weight is 487 g/mol. The lowest BCUT2D eigenvalue weighted by Gasteiger charge is -2.26. The van der Waals surface area contributed by atoms with Crippen molar-refractivity contribution in [2.24, 2.45) is 11.8 Å². The van der Waals surface area contributed by atoms with Crippen LogP contribution < -0.4 is 22.3 Å². The Hall–Kier alpha value is -3.69. The summed E-state index contributed by atoms with van der Waals surface area (Å²) in [7, 11) is 0. The highest BCUT2D eigenvalue weighted by Gasteiger charge is 2.39. The summed E-state index contributed by atoms with van der Waals surface area (Å²) in [6.45, 7) is 11.2. The molecule has 2 aliphatic rings. The standard InChI is InChI=1S/C27H34N8O/c1-15-5-16(2)7-20(6-15)31-27-30-10-19-12-34(13-24(19)32-27)25-14-35(11-18(25)4)26(36)21-9-22(28)23(33-29)8-17(21)3/h5-10,18,25,33H,11-14,28-29H2,1-4H3,(H,30,31,32). The fourth-order valence-corrected chi connectivity index (χ4v) is 5.49. The third kappa shape index (κ3) is 4.59. The third-order valence-corrected chi connectivity index (χ3v) is 7.27. The van der Waals surface area contributed by atoms with Crippen molar-refractivity contribution in [2.45, 2.75) is 46.8 Å². The molecule has 3 aromatic rings. The SMILES string of the molecule is Cc1cc(C)cc(Nc2ncc3c(n2)CN(C2CN(C(=O)c4cc(N)c(NN)cc4C)CC2C)C3)c1. The molecule has 6 N–H and O–H groups in total. The largest absolute Gasteiger partial charge is 0.397 e. The molecule has 36 heavy (non-hydrogen) atoms. The number of benzene rings is 2. The minimum Gasteiger partial charge on any atom is -0.397 e. The van der Waals surface area contributed by atoms with Crippen molar-refractivity contribution < 1.29 is 4.79 Å². The summed E-state index contributed by atoms with van der Waals surface area (Å²) in [5, 5.41) is 3.35. The lowest BCUT2D eigenvalue weighted by atomic mass is 10.1. The molecule has 2 aliphatic heterocycles. The molecule has 5 rings (SSSR count). The van der Waals surface area contributed by atoms with Crippen LogP contribution in [0.3, 0.4) is 0 Å². The Morgan fingerprint density at radius 2 is 1.81 bits per heavy atom. The van der Waals surface area contributed by atoms with Crippen LogP contribution in [0.5, 0.6) is 0 Å².